The minimum Gasteiger partial charge on any atom is -0.480 e. The third kappa shape index (κ3) is 4.08. The molecule has 0 bridgehead atoms. The molecule has 8 heteroatoms. The van der Waals surface area contributed by atoms with Gasteiger partial charge in [-0.2, -0.15) is 11.8 Å². The molecule has 1 saturated heterocycles. The van der Waals surface area contributed by atoms with Gasteiger partial charge in [0.1, 0.15) is 18.2 Å². The summed E-state index contributed by atoms with van der Waals surface area (Å²) in [5.74, 6) is 0.0443. The van der Waals surface area contributed by atoms with E-state index < -0.39 is 36.6 Å². The summed E-state index contributed by atoms with van der Waals surface area (Å²) in [6.07, 6.45) is -2.91. The molecule has 1 fully saturated rings. The molecule has 5 atom stereocenters. The predicted molar refractivity (Wildman–Crippen MR) is 65.2 cm³/mol. The van der Waals surface area contributed by atoms with Crippen molar-refractivity contribution in [2.75, 3.05) is 18.6 Å². The van der Waals surface area contributed by atoms with Crippen LogP contribution in [0.4, 0.5) is 0 Å². The zero-order valence-corrected chi connectivity index (χ0v) is 10.9. The second-order valence-corrected chi connectivity index (χ2v) is 5.21. The lowest BCUT2D eigenvalue weighted by atomic mass is 10.1. The minimum atomic E-state index is -1.23. The lowest BCUT2D eigenvalue weighted by Gasteiger charge is -2.17. The van der Waals surface area contributed by atoms with Crippen molar-refractivity contribution >= 4 is 17.7 Å². The van der Waals surface area contributed by atoms with Gasteiger partial charge in [0.2, 0.25) is 0 Å². The summed E-state index contributed by atoms with van der Waals surface area (Å²) >= 11 is 1.45. The molecular formula is C10H19NO6S. The molecule has 18 heavy (non-hydrogen) atoms. The number of aliphatic hydroxyl groups excluding tert-OH is 2. The van der Waals surface area contributed by atoms with Crippen LogP contribution >= 0.6 is 11.8 Å². The summed E-state index contributed by atoms with van der Waals surface area (Å²) in [6, 6.07) is -0.864. The summed E-state index contributed by atoms with van der Waals surface area (Å²) < 4.78 is 10.2. The molecule has 1 aliphatic rings. The first kappa shape index (κ1) is 15.7. The van der Waals surface area contributed by atoms with Gasteiger partial charge in [-0.05, 0) is 12.2 Å². The number of carboxylic acids is 1. The molecule has 0 aromatic heterocycles. The maximum Gasteiger partial charge on any atom is 0.320 e. The molecule has 1 heterocycles. The third-order valence-corrected chi connectivity index (χ3v) is 3.84. The Balaban J connectivity index is 2.25. The molecule has 0 amide bonds. The van der Waals surface area contributed by atoms with Crippen molar-refractivity contribution in [2.24, 2.45) is 5.73 Å². The van der Waals surface area contributed by atoms with Crippen LogP contribution < -0.4 is 5.73 Å². The fourth-order valence-electron chi connectivity index (χ4n) is 1.68. The Morgan fingerprint density at radius 1 is 1.56 bits per heavy atom. The number of thioether (sulfide) groups is 1. The second-order valence-electron chi connectivity index (χ2n) is 4.06. The average Bonchev–Trinajstić information content (AvgIpc) is 2.60. The Hall–Kier alpha value is -0.380. The third-order valence-electron chi connectivity index (χ3n) is 2.75. The van der Waals surface area contributed by atoms with Crippen LogP contribution in [0.25, 0.3) is 0 Å². The fourth-order valence-corrected chi connectivity index (χ4v) is 2.77. The summed E-state index contributed by atoms with van der Waals surface area (Å²) in [7, 11) is 1.44. The molecule has 0 aromatic carbocycles. The second kappa shape index (κ2) is 7.27. The van der Waals surface area contributed by atoms with Crippen molar-refractivity contribution in [3.63, 3.8) is 0 Å². The van der Waals surface area contributed by atoms with E-state index >= 15 is 0 Å². The molecule has 0 spiro atoms. The molecule has 106 valence electrons. The van der Waals surface area contributed by atoms with Gasteiger partial charge in [-0.3, -0.25) is 4.79 Å². The molecule has 2 unspecified atom stereocenters. The van der Waals surface area contributed by atoms with Gasteiger partial charge in [0.05, 0.1) is 6.10 Å². The smallest absolute Gasteiger partial charge is 0.320 e. The SMILES string of the molecule is CO[C@H]1[C@@H](CSCCC(N)C(=O)O)OC(O)[C@@H]1O. The van der Waals surface area contributed by atoms with Gasteiger partial charge in [-0.1, -0.05) is 0 Å². The first-order valence-electron chi connectivity index (χ1n) is 5.58. The maximum atomic E-state index is 10.5. The zero-order valence-electron chi connectivity index (χ0n) is 10.1. The first-order valence-corrected chi connectivity index (χ1v) is 6.73. The number of aliphatic carboxylic acids is 1. The molecule has 5 N–H and O–H groups in total. The van der Waals surface area contributed by atoms with Gasteiger partial charge in [0.15, 0.2) is 6.29 Å². The van der Waals surface area contributed by atoms with Crippen molar-refractivity contribution in [1.82, 2.24) is 0 Å². The van der Waals surface area contributed by atoms with Crippen molar-refractivity contribution in [3.05, 3.63) is 0 Å². The summed E-state index contributed by atoms with van der Waals surface area (Å²) in [6.45, 7) is 0. The van der Waals surface area contributed by atoms with E-state index in [0.29, 0.717) is 17.9 Å². The standard InChI is InChI=1S/C10H19NO6S/c1-16-8-6(17-10(15)7(8)12)4-18-3-2-5(11)9(13)14/h5-8,10,12,15H,2-4,11H2,1H3,(H,13,14)/t5?,6-,7-,8+,10?/m1/s1. The van der Waals surface area contributed by atoms with Crippen molar-refractivity contribution in [3.8, 4) is 0 Å². The van der Waals surface area contributed by atoms with Crippen LogP contribution in [0.3, 0.4) is 0 Å². The Bertz CT molecular complexity index is 279. The molecule has 0 aliphatic carbocycles. The Morgan fingerprint density at radius 2 is 2.22 bits per heavy atom. The van der Waals surface area contributed by atoms with Crippen LogP contribution in [0, 0.1) is 0 Å². The van der Waals surface area contributed by atoms with E-state index in [4.69, 9.17) is 20.3 Å². The quantitative estimate of drug-likeness (QED) is 0.421. The highest BCUT2D eigenvalue weighted by Crippen LogP contribution is 2.25. The lowest BCUT2D eigenvalue weighted by Crippen LogP contribution is -2.35. The number of rotatable bonds is 7. The zero-order chi connectivity index (χ0) is 13.7. The highest BCUT2D eigenvalue weighted by atomic mass is 32.2. The van der Waals surface area contributed by atoms with E-state index in [-0.39, 0.29) is 0 Å². The number of nitrogens with two attached hydrogens (primary N) is 1. The van der Waals surface area contributed by atoms with E-state index in [1.807, 2.05) is 0 Å². The summed E-state index contributed by atoms with van der Waals surface area (Å²) in [5.41, 5.74) is 5.36. The van der Waals surface area contributed by atoms with Gasteiger partial charge >= 0.3 is 5.97 Å². The van der Waals surface area contributed by atoms with E-state index in [1.165, 1.54) is 18.9 Å². The lowest BCUT2D eigenvalue weighted by molar-refractivity contribution is -0.138. The Labute approximate surface area is 109 Å². The molecule has 1 rings (SSSR count). The van der Waals surface area contributed by atoms with Crippen LogP contribution in [-0.2, 0) is 14.3 Å². The van der Waals surface area contributed by atoms with E-state index in [9.17, 15) is 15.0 Å². The Kier molecular flexibility index (Phi) is 6.33. The van der Waals surface area contributed by atoms with Gasteiger partial charge in [0, 0.05) is 12.9 Å². The topological polar surface area (TPSA) is 122 Å². The summed E-state index contributed by atoms with van der Waals surface area (Å²) in [5, 5.41) is 27.5. The Morgan fingerprint density at radius 3 is 2.78 bits per heavy atom. The number of ether oxygens (including phenoxy) is 2. The van der Waals surface area contributed by atoms with Crippen molar-refractivity contribution in [2.45, 2.75) is 37.1 Å². The highest BCUT2D eigenvalue weighted by molar-refractivity contribution is 7.99. The van der Waals surface area contributed by atoms with Crippen LogP contribution in [0.15, 0.2) is 0 Å². The number of hydrogen-bond donors (Lipinski definition) is 4. The molecule has 0 aromatic rings. The highest BCUT2D eigenvalue weighted by Gasteiger charge is 2.42. The molecule has 0 radical (unpaired) electrons. The van der Waals surface area contributed by atoms with E-state index in [0.717, 1.165) is 0 Å². The van der Waals surface area contributed by atoms with Crippen LogP contribution in [0.5, 0.6) is 0 Å². The fraction of sp³-hybridized carbons (Fsp3) is 0.900. The largest absolute Gasteiger partial charge is 0.480 e. The monoisotopic (exact) mass is 281 g/mol. The first-order chi connectivity index (χ1) is 8.47. The molecule has 0 saturated carbocycles. The summed E-state index contributed by atoms with van der Waals surface area (Å²) in [4.78, 5) is 10.5. The van der Waals surface area contributed by atoms with E-state index in [1.54, 1.807) is 0 Å². The predicted octanol–water partition coefficient (Wildman–Crippen LogP) is -1.39. The van der Waals surface area contributed by atoms with Crippen LogP contribution in [-0.4, -0.2) is 70.5 Å². The number of hydrogen-bond acceptors (Lipinski definition) is 7. The van der Waals surface area contributed by atoms with Gasteiger partial charge in [0.25, 0.3) is 0 Å². The molecular weight excluding hydrogens is 262 g/mol. The van der Waals surface area contributed by atoms with Gasteiger partial charge in [-0.25, -0.2) is 0 Å². The molecule has 7 nitrogen and oxygen atoms in total. The van der Waals surface area contributed by atoms with Crippen LogP contribution in [0.2, 0.25) is 0 Å². The number of carbonyl (C=O) groups is 1. The van der Waals surface area contributed by atoms with Crippen LogP contribution in [0.1, 0.15) is 6.42 Å². The number of carboxylic acid groups (broad SMARTS) is 1. The maximum absolute atomic E-state index is 10.5. The normalized spacial score (nSPS) is 33.6. The number of methoxy groups -OCH3 is 1. The van der Waals surface area contributed by atoms with Crippen molar-refractivity contribution < 1.29 is 29.6 Å². The molecule has 1 aliphatic heterocycles. The average molecular weight is 281 g/mol. The van der Waals surface area contributed by atoms with Crippen molar-refractivity contribution in [1.29, 1.82) is 0 Å². The minimum absolute atomic E-state index is 0.357. The number of aliphatic hydroxyl groups is 2. The van der Waals surface area contributed by atoms with Gasteiger partial charge < -0.3 is 30.5 Å². The van der Waals surface area contributed by atoms with E-state index in [2.05, 4.69) is 0 Å². The van der Waals surface area contributed by atoms with Gasteiger partial charge in [-0.15, -0.1) is 0 Å².